The largest absolute Gasteiger partial charge is 0.285 e. The lowest BCUT2D eigenvalue weighted by molar-refractivity contribution is 1.08. The molecule has 0 aliphatic rings. The van der Waals surface area contributed by atoms with Crippen LogP contribution in [0.25, 0.3) is 0 Å². The van der Waals surface area contributed by atoms with Gasteiger partial charge in [0, 0.05) is 11.8 Å². The van der Waals surface area contributed by atoms with Crippen LogP contribution < -0.4 is 0 Å². The van der Waals surface area contributed by atoms with E-state index in [2.05, 4.69) is 23.0 Å². The first-order valence-corrected chi connectivity index (χ1v) is 2.44. The number of hydrogen-bond donors (Lipinski definition) is 1. The Morgan fingerprint density at radius 2 is 2.88 bits per heavy atom. The van der Waals surface area contributed by atoms with Crippen molar-refractivity contribution in [1.29, 1.82) is 0 Å². The fourth-order valence-corrected chi connectivity index (χ4v) is 0.507. The van der Waals surface area contributed by atoms with E-state index in [1.54, 1.807) is 0 Å². The van der Waals surface area contributed by atoms with Crippen LogP contribution in [-0.4, -0.2) is 10.2 Å². The predicted molar refractivity (Wildman–Crippen MR) is 31.3 cm³/mol. The van der Waals surface area contributed by atoms with Crippen LogP contribution in [0.3, 0.4) is 0 Å². The molecule has 0 aliphatic carbocycles. The Morgan fingerprint density at radius 3 is 3.38 bits per heavy atom. The lowest BCUT2D eigenvalue weighted by Gasteiger charge is -1.78. The monoisotopic (exact) mass is 107 g/mol. The molecule has 1 aromatic rings. The molecule has 0 aromatic carbocycles. The smallest absolute Gasteiger partial charge is 0.116 e. The minimum Gasteiger partial charge on any atom is -0.285 e. The van der Waals surface area contributed by atoms with Crippen molar-refractivity contribution >= 4 is 0 Å². The van der Waals surface area contributed by atoms with E-state index in [4.69, 9.17) is 0 Å². The third-order valence-electron chi connectivity index (χ3n) is 0.867. The summed E-state index contributed by atoms with van der Waals surface area (Å²) in [7, 11) is 0. The summed E-state index contributed by atoms with van der Waals surface area (Å²) >= 11 is 0. The minimum atomic E-state index is 0.844. The fourth-order valence-electron chi connectivity index (χ4n) is 0.507. The number of rotatable bonds is 2. The molecule has 1 heterocycles. The van der Waals surface area contributed by atoms with E-state index in [0.717, 1.165) is 12.0 Å². The Morgan fingerprint density at radius 1 is 2.00 bits per heavy atom. The fraction of sp³-hybridized carbons (Fsp3) is 0.167. The summed E-state index contributed by atoms with van der Waals surface area (Å²) in [4.78, 5) is 0. The lowest BCUT2D eigenvalue weighted by Crippen LogP contribution is -1.71. The van der Waals surface area contributed by atoms with E-state index in [1.807, 2.05) is 12.3 Å². The van der Waals surface area contributed by atoms with Gasteiger partial charge >= 0.3 is 0 Å². The van der Waals surface area contributed by atoms with Gasteiger partial charge in [0.15, 0.2) is 0 Å². The third kappa shape index (κ3) is 0.964. The normalized spacial score (nSPS) is 9.00. The van der Waals surface area contributed by atoms with E-state index < -0.39 is 0 Å². The molecule has 1 radical (unpaired) electrons. The van der Waals surface area contributed by atoms with E-state index in [0.29, 0.717) is 0 Å². The molecule has 0 atom stereocenters. The molecule has 2 heteroatoms. The van der Waals surface area contributed by atoms with Gasteiger partial charge in [-0.1, -0.05) is 6.08 Å². The van der Waals surface area contributed by atoms with Crippen LogP contribution >= 0.6 is 0 Å². The lowest BCUT2D eigenvalue weighted by atomic mass is 10.3. The average molecular weight is 107 g/mol. The molecule has 0 saturated heterocycles. The maximum Gasteiger partial charge on any atom is 0.116 e. The van der Waals surface area contributed by atoms with Gasteiger partial charge in [-0.2, -0.15) is 5.10 Å². The van der Waals surface area contributed by atoms with Gasteiger partial charge < -0.3 is 0 Å². The zero-order valence-corrected chi connectivity index (χ0v) is 4.52. The number of nitrogens with zero attached hydrogens (tertiary/aromatic N) is 1. The van der Waals surface area contributed by atoms with Crippen molar-refractivity contribution in [2.45, 2.75) is 6.42 Å². The molecule has 0 aliphatic heterocycles. The van der Waals surface area contributed by atoms with Gasteiger partial charge in [-0.25, -0.2) is 0 Å². The van der Waals surface area contributed by atoms with Crippen LogP contribution in [0.4, 0.5) is 0 Å². The van der Waals surface area contributed by atoms with E-state index in [9.17, 15) is 0 Å². The summed E-state index contributed by atoms with van der Waals surface area (Å²) in [5.74, 6) is 0. The van der Waals surface area contributed by atoms with Gasteiger partial charge in [0.25, 0.3) is 0 Å². The summed E-state index contributed by atoms with van der Waals surface area (Å²) in [6.45, 7) is 3.57. The number of hydrogen-bond acceptors (Lipinski definition) is 1. The van der Waals surface area contributed by atoms with Crippen molar-refractivity contribution in [2.75, 3.05) is 0 Å². The molecule has 0 bridgehead atoms. The summed E-state index contributed by atoms with van der Waals surface area (Å²) in [5, 5.41) is 6.30. The van der Waals surface area contributed by atoms with Crippen LogP contribution in [0.2, 0.25) is 0 Å². The molecule has 1 N–H and O–H groups in total. The number of aromatic nitrogens is 2. The summed E-state index contributed by atoms with van der Waals surface area (Å²) in [6.07, 6.45) is 7.23. The van der Waals surface area contributed by atoms with Gasteiger partial charge in [0.2, 0.25) is 0 Å². The molecular weight excluding hydrogens is 100 g/mol. The Hall–Kier alpha value is -1.05. The van der Waals surface area contributed by atoms with Crippen molar-refractivity contribution < 1.29 is 0 Å². The number of nitrogens with one attached hydrogen (secondary N) is 1. The highest BCUT2D eigenvalue weighted by Gasteiger charge is 1.86. The number of H-pyrrole nitrogens is 1. The third-order valence-corrected chi connectivity index (χ3v) is 0.867. The maximum atomic E-state index is 3.64. The SMILES string of the molecule is C=CCc1[c]n[nH]c1. The van der Waals surface area contributed by atoms with Crippen LogP contribution in [0.15, 0.2) is 18.9 Å². The molecule has 0 fully saturated rings. The average Bonchev–Trinajstić information content (AvgIpc) is 2.19. The zero-order chi connectivity index (χ0) is 5.82. The Bertz CT molecular complexity index is 153. The Balaban J connectivity index is 2.62. The van der Waals surface area contributed by atoms with Crippen molar-refractivity contribution in [2.24, 2.45) is 0 Å². The Labute approximate surface area is 48.2 Å². The second-order valence-electron chi connectivity index (χ2n) is 1.52. The van der Waals surface area contributed by atoms with Gasteiger partial charge in [-0.15, -0.1) is 6.58 Å². The summed E-state index contributed by atoms with van der Waals surface area (Å²) in [5.41, 5.74) is 1.06. The van der Waals surface area contributed by atoms with Crippen LogP contribution in [0, 0.1) is 6.20 Å². The topological polar surface area (TPSA) is 28.7 Å². The number of aromatic amines is 1. The number of allylic oxidation sites excluding steroid dienone is 1. The van der Waals surface area contributed by atoms with Crippen LogP contribution in [0.1, 0.15) is 5.56 Å². The van der Waals surface area contributed by atoms with Gasteiger partial charge in [-0.3, -0.25) is 5.10 Å². The molecule has 8 heavy (non-hydrogen) atoms. The second-order valence-corrected chi connectivity index (χ2v) is 1.52. The van der Waals surface area contributed by atoms with Crippen LogP contribution in [-0.2, 0) is 6.42 Å². The molecule has 1 rings (SSSR count). The second kappa shape index (κ2) is 2.31. The zero-order valence-electron chi connectivity index (χ0n) is 4.52. The van der Waals surface area contributed by atoms with Crippen molar-refractivity contribution in [3.05, 3.63) is 30.6 Å². The first kappa shape index (κ1) is 5.09. The quantitative estimate of drug-likeness (QED) is 0.560. The van der Waals surface area contributed by atoms with Gasteiger partial charge in [0.1, 0.15) is 6.20 Å². The maximum absolute atomic E-state index is 3.64. The highest BCUT2D eigenvalue weighted by Crippen LogP contribution is 1.92. The molecule has 0 unspecified atom stereocenters. The van der Waals surface area contributed by atoms with E-state index in [1.165, 1.54) is 0 Å². The highest BCUT2D eigenvalue weighted by atomic mass is 15.1. The molecule has 1 aromatic heterocycles. The molecular formula is C6H7N2. The van der Waals surface area contributed by atoms with Gasteiger partial charge in [0.05, 0.1) is 0 Å². The summed E-state index contributed by atoms with van der Waals surface area (Å²) in [6, 6.07) is 0. The molecule has 0 spiro atoms. The van der Waals surface area contributed by atoms with Crippen LogP contribution in [0.5, 0.6) is 0 Å². The Kier molecular flexibility index (Phi) is 1.47. The molecule has 2 nitrogen and oxygen atoms in total. The van der Waals surface area contributed by atoms with E-state index >= 15 is 0 Å². The highest BCUT2D eigenvalue weighted by molar-refractivity contribution is 5.04. The predicted octanol–water partition coefficient (Wildman–Crippen LogP) is 0.938. The van der Waals surface area contributed by atoms with Crippen molar-refractivity contribution in [1.82, 2.24) is 10.2 Å². The first-order valence-electron chi connectivity index (χ1n) is 2.44. The molecule has 0 amide bonds. The van der Waals surface area contributed by atoms with Crippen molar-refractivity contribution in [3.63, 3.8) is 0 Å². The standard InChI is InChI=1S/C6H7N2/c1-2-3-6-4-7-8-5-6/h2,4H,1,3H2,(H,7,8). The van der Waals surface area contributed by atoms with E-state index in [-0.39, 0.29) is 0 Å². The van der Waals surface area contributed by atoms with Gasteiger partial charge in [-0.05, 0) is 6.42 Å². The van der Waals surface area contributed by atoms with Crippen molar-refractivity contribution in [3.8, 4) is 0 Å². The summed E-state index contributed by atoms with van der Waals surface area (Å²) < 4.78 is 0. The minimum absolute atomic E-state index is 0.844. The molecule has 0 saturated carbocycles. The first-order chi connectivity index (χ1) is 3.93. The molecule has 41 valence electrons.